The first kappa shape index (κ1) is 17.8. The number of thioether (sulfide) groups is 1. The summed E-state index contributed by atoms with van der Waals surface area (Å²) in [5.74, 6) is 0.570. The first-order valence-electron chi connectivity index (χ1n) is 8.74. The summed E-state index contributed by atoms with van der Waals surface area (Å²) < 4.78 is 0.730. The number of benzene rings is 1. The second-order valence-electron chi connectivity index (χ2n) is 6.57. The minimum absolute atomic E-state index is 0.138. The number of amidine groups is 1. The third-order valence-electron chi connectivity index (χ3n) is 4.73. The first-order chi connectivity index (χ1) is 12.7. The zero-order chi connectivity index (χ0) is 17.9. The van der Waals surface area contributed by atoms with Gasteiger partial charge >= 0.3 is 0 Å². The van der Waals surface area contributed by atoms with Crippen molar-refractivity contribution in [3.05, 3.63) is 62.1 Å². The van der Waals surface area contributed by atoms with E-state index in [0.717, 1.165) is 46.7 Å². The third kappa shape index (κ3) is 4.22. The minimum Gasteiger partial charge on any atom is -0.351 e. The predicted octanol–water partition coefficient (Wildman–Crippen LogP) is 5.33. The summed E-state index contributed by atoms with van der Waals surface area (Å²) in [6, 6.07) is 14.5. The van der Waals surface area contributed by atoms with Gasteiger partial charge in [-0.15, -0.1) is 11.3 Å². The number of amides is 1. The van der Waals surface area contributed by atoms with E-state index in [-0.39, 0.29) is 5.91 Å². The third-order valence-corrected chi connectivity index (χ3v) is 6.95. The highest BCUT2D eigenvalue weighted by Crippen LogP contribution is 2.34. The highest BCUT2D eigenvalue weighted by atomic mass is 35.5. The fourth-order valence-corrected chi connectivity index (χ4v) is 5.38. The predicted molar refractivity (Wildman–Crippen MR) is 112 cm³/mol. The van der Waals surface area contributed by atoms with Gasteiger partial charge in [0, 0.05) is 18.0 Å². The van der Waals surface area contributed by atoms with Gasteiger partial charge in [-0.3, -0.25) is 4.79 Å². The largest absolute Gasteiger partial charge is 0.351 e. The quantitative estimate of drug-likeness (QED) is 0.650. The van der Waals surface area contributed by atoms with Crippen LogP contribution in [0.25, 0.3) is 6.08 Å². The second-order valence-corrected chi connectivity index (χ2v) is 9.33. The molecular formula is C20H19ClN2OS2. The van der Waals surface area contributed by atoms with Gasteiger partial charge in [-0.05, 0) is 60.7 Å². The van der Waals surface area contributed by atoms with E-state index in [1.807, 2.05) is 18.2 Å². The Labute approximate surface area is 166 Å². The van der Waals surface area contributed by atoms with Gasteiger partial charge in [0.1, 0.15) is 0 Å². The van der Waals surface area contributed by atoms with E-state index in [1.165, 1.54) is 28.7 Å². The Morgan fingerprint density at radius 2 is 1.92 bits per heavy atom. The summed E-state index contributed by atoms with van der Waals surface area (Å²) in [6.45, 7) is 1.93. The molecular weight excluding hydrogens is 384 g/mol. The molecule has 6 heteroatoms. The molecule has 0 atom stereocenters. The van der Waals surface area contributed by atoms with Crippen LogP contribution >= 0.6 is 34.7 Å². The number of nitrogens with zero attached hydrogens (tertiary/aromatic N) is 2. The number of aliphatic imine (C=N–C) groups is 1. The molecule has 0 saturated carbocycles. The summed E-state index contributed by atoms with van der Waals surface area (Å²) >= 11 is 8.92. The molecule has 0 radical (unpaired) electrons. The zero-order valence-electron chi connectivity index (χ0n) is 14.2. The van der Waals surface area contributed by atoms with Crippen molar-refractivity contribution >= 4 is 51.9 Å². The van der Waals surface area contributed by atoms with Crippen molar-refractivity contribution < 1.29 is 4.79 Å². The van der Waals surface area contributed by atoms with Crippen LogP contribution in [0.15, 0.2) is 52.4 Å². The highest BCUT2D eigenvalue weighted by molar-refractivity contribution is 8.18. The van der Waals surface area contributed by atoms with Crippen LogP contribution in [-0.4, -0.2) is 29.1 Å². The van der Waals surface area contributed by atoms with Crippen LogP contribution in [-0.2, 0) is 11.2 Å². The number of piperidine rings is 1. The molecule has 2 aliphatic rings. The van der Waals surface area contributed by atoms with Gasteiger partial charge in [0.25, 0.3) is 5.91 Å². The van der Waals surface area contributed by atoms with Crippen LogP contribution in [0.3, 0.4) is 0 Å². The second kappa shape index (κ2) is 7.99. The number of rotatable bonds is 3. The lowest BCUT2D eigenvalue weighted by Crippen LogP contribution is -2.37. The maximum absolute atomic E-state index is 12.2. The van der Waals surface area contributed by atoms with E-state index in [0.29, 0.717) is 10.8 Å². The molecule has 2 aliphatic heterocycles. The van der Waals surface area contributed by atoms with E-state index in [4.69, 9.17) is 11.6 Å². The Bertz CT molecular complexity index is 852. The Kier molecular flexibility index (Phi) is 5.48. The molecule has 1 fully saturated rings. The lowest BCUT2D eigenvalue weighted by atomic mass is 9.90. The molecule has 0 aliphatic carbocycles. The minimum atomic E-state index is -0.138. The van der Waals surface area contributed by atoms with Crippen molar-refractivity contribution in [1.29, 1.82) is 0 Å². The molecule has 0 N–H and O–H groups in total. The van der Waals surface area contributed by atoms with Crippen molar-refractivity contribution in [3.8, 4) is 0 Å². The Hall–Kier alpha value is -1.56. The molecule has 0 unspecified atom stereocenters. The Morgan fingerprint density at radius 3 is 2.62 bits per heavy atom. The molecule has 3 heterocycles. The molecule has 26 heavy (non-hydrogen) atoms. The molecule has 4 rings (SSSR count). The molecule has 0 spiro atoms. The van der Waals surface area contributed by atoms with Crippen LogP contribution in [0.1, 0.15) is 23.3 Å². The van der Waals surface area contributed by atoms with Crippen molar-refractivity contribution in [2.45, 2.75) is 19.3 Å². The fraction of sp³-hybridized carbons (Fsp3) is 0.300. The van der Waals surface area contributed by atoms with Crippen LogP contribution in [0.4, 0.5) is 0 Å². The van der Waals surface area contributed by atoms with Gasteiger partial charge in [-0.1, -0.05) is 41.9 Å². The molecule has 1 aromatic heterocycles. The molecule has 1 aromatic carbocycles. The van der Waals surface area contributed by atoms with Gasteiger partial charge in [-0.25, -0.2) is 0 Å². The number of carbonyl (C=O) groups excluding carboxylic acids is 1. The number of carbonyl (C=O) groups is 1. The Morgan fingerprint density at radius 1 is 1.15 bits per heavy atom. The van der Waals surface area contributed by atoms with Crippen molar-refractivity contribution in [2.75, 3.05) is 13.1 Å². The summed E-state index contributed by atoms with van der Waals surface area (Å²) in [7, 11) is 0. The molecule has 2 aromatic rings. The highest BCUT2D eigenvalue weighted by Gasteiger charge is 2.29. The van der Waals surface area contributed by atoms with Crippen molar-refractivity contribution in [2.24, 2.45) is 10.9 Å². The summed E-state index contributed by atoms with van der Waals surface area (Å²) in [6.07, 6.45) is 5.31. The van der Waals surface area contributed by atoms with Gasteiger partial charge in [-0.2, -0.15) is 4.99 Å². The molecule has 3 nitrogen and oxygen atoms in total. The number of hydrogen-bond donors (Lipinski definition) is 0. The average Bonchev–Trinajstić information content (AvgIpc) is 3.23. The Balaban J connectivity index is 1.34. The van der Waals surface area contributed by atoms with Crippen molar-refractivity contribution in [1.82, 2.24) is 4.90 Å². The maximum atomic E-state index is 12.2. The van der Waals surface area contributed by atoms with E-state index < -0.39 is 0 Å². The monoisotopic (exact) mass is 402 g/mol. The molecule has 1 amide bonds. The van der Waals surface area contributed by atoms with Gasteiger partial charge in [0.05, 0.1) is 9.24 Å². The van der Waals surface area contributed by atoms with E-state index in [9.17, 15) is 4.79 Å². The van der Waals surface area contributed by atoms with Crippen molar-refractivity contribution in [3.63, 3.8) is 0 Å². The normalized spacial score (nSPS) is 20.0. The summed E-state index contributed by atoms with van der Waals surface area (Å²) in [5, 5.41) is 0.849. The summed E-state index contributed by atoms with van der Waals surface area (Å²) in [5.41, 5.74) is 1.41. The zero-order valence-corrected chi connectivity index (χ0v) is 16.6. The lowest BCUT2D eigenvalue weighted by Gasteiger charge is -2.32. The smallest absolute Gasteiger partial charge is 0.286 e. The van der Waals surface area contributed by atoms with Crippen LogP contribution in [0.2, 0.25) is 4.34 Å². The lowest BCUT2D eigenvalue weighted by molar-refractivity contribution is -0.113. The number of thiophene rings is 1. The number of hydrogen-bond acceptors (Lipinski definition) is 4. The van der Waals surface area contributed by atoms with E-state index in [2.05, 4.69) is 40.2 Å². The average molecular weight is 403 g/mol. The summed E-state index contributed by atoms with van der Waals surface area (Å²) in [4.78, 5) is 20.4. The molecule has 134 valence electrons. The maximum Gasteiger partial charge on any atom is 0.286 e. The number of likely N-dealkylation sites (tertiary alicyclic amines) is 1. The van der Waals surface area contributed by atoms with E-state index >= 15 is 0 Å². The van der Waals surface area contributed by atoms with E-state index in [1.54, 1.807) is 0 Å². The molecule has 1 saturated heterocycles. The topological polar surface area (TPSA) is 32.7 Å². The fourth-order valence-electron chi connectivity index (χ4n) is 3.34. The van der Waals surface area contributed by atoms with Gasteiger partial charge in [0.2, 0.25) is 0 Å². The first-order valence-corrected chi connectivity index (χ1v) is 10.8. The van der Waals surface area contributed by atoms with Crippen LogP contribution in [0, 0.1) is 5.92 Å². The van der Waals surface area contributed by atoms with Gasteiger partial charge in [0.15, 0.2) is 5.17 Å². The van der Waals surface area contributed by atoms with Crippen LogP contribution < -0.4 is 0 Å². The number of halogens is 1. The van der Waals surface area contributed by atoms with Gasteiger partial charge < -0.3 is 4.90 Å². The SMILES string of the molecule is O=C1N=C(N2CCC(Cc3ccccc3)CC2)SC1=Cc1ccc(Cl)s1. The van der Waals surface area contributed by atoms with Crippen LogP contribution in [0.5, 0.6) is 0 Å². The molecule has 0 bridgehead atoms. The standard InChI is InChI=1S/C20H19ClN2OS2/c21-18-7-6-16(25-18)13-17-19(24)22-20(26-17)23-10-8-15(9-11-23)12-14-4-2-1-3-5-14/h1-7,13,15H,8-12H2.